The van der Waals surface area contributed by atoms with E-state index < -0.39 is 5.97 Å². The maximum atomic E-state index is 11.1. The highest BCUT2D eigenvalue weighted by Gasteiger charge is 2.22. The Morgan fingerprint density at radius 1 is 1.58 bits per heavy atom. The molecule has 1 aromatic carbocycles. The number of aromatic carboxylic acids is 1. The van der Waals surface area contributed by atoms with E-state index in [2.05, 4.69) is 20.9 Å². The van der Waals surface area contributed by atoms with Gasteiger partial charge in [0.2, 0.25) is 11.6 Å². The minimum absolute atomic E-state index is 0.114. The molecule has 1 heterocycles. The second kappa shape index (κ2) is 5.63. The summed E-state index contributed by atoms with van der Waals surface area (Å²) in [4.78, 5) is 15.0. The largest absolute Gasteiger partial charge is 0.476 e. The molecule has 0 saturated heterocycles. The van der Waals surface area contributed by atoms with E-state index in [1.807, 2.05) is 0 Å². The number of ether oxygens (including phenoxy) is 1. The Kier molecular flexibility index (Phi) is 4.11. The molecule has 0 aliphatic carbocycles. The zero-order chi connectivity index (χ0) is 14.0. The number of oxazole rings is 1. The molecule has 2 aromatic rings. The number of aromatic nitrogens is 1. The molecule has 2 rings (SSSR count). The van der Waals surface area contributed by atoms with Crippen molar-refractivity contribution in [1.29, 1.82) is 0 Å². The summed E-state index contributed by atoms with van der Waals surface area (Å²) >= 11 is 9.23. The molecule has 1 aromatic heterocycles. The van der Waals surface area contributed by atoms with Crippen LogP contribution in [-0.2, 0) is 0 Å². The van der Waals surface area contributed by atoms with Crippen LogP contribution in [0.25, 0.3) is 11.5 Å². The summed E-state index contributed by atoms with van der Waals surface area (Å²) in [6.45, 7) is 2.01. The molecule has 0 amide bonds. The molecule has 0 bridgehead atoms. The maximum absolute atomic E-state index is 11.1. The normalized spacial score (nSPS) is 10.5. The lowest BCUT2D eigenvalue weighted by molar-refractivity contribution is 0.0683. The molecule has 1 N–H and O–H groups in total. The van der Waals surface area contributed by atoms with Crippen LogP contribution in [0.1, 0.15) is 17.4 Å². The van der Waals surface area contributed by atoms with E-state index in [0.717, 1.165) is 0 Å². The Hall–Kier alpha value is -1.53. The van der Waals surface area contributed by atoms with Crippen molar-refractivity contribution in [2.24, 2.45) is 0 Å². The first-order valence-electron chi connectivity index (χ1n) is 5.35. The van der Waals surface area contributed by atoms with Crippen molar-refractivity contribution in [3.05, 3.63) is 33.4 Å². The number of carbonyl (C=O) groups is 1. The van der Waals surface area contributed by atoms with Crippen LogP contribution in [0.2, 0.25) is 5.02 Å². The third-order valence-electron chi connectivity index (χ3n) is 2.23. The Bertz CT molecular complexity index is 626. The lowest BCUT2D eigenvalue weighted by Crippen LogP contribution is -2.01. The predicted molar refractivity (Wildman–Crippen MR) is 72.8 cm³/mol. The number of carboxylic acid groups (broad SMARTS) is 1. The zero-order valence-electron chi connectivity index (χ0n) is 9.81. The summed E-state index contributed by atoms with van der Waals surface area (Å²) in [6, 6.07) is 5.04. The Morgan fingerprint density at radius 3 is 2.95 bits per heavy atom. The minimum atomic E-state index is -1.21. The molecule has 5 nitrogen and oxygen atoms in total. The van der Waals surface area contributed by atoms with Crippen molar-refractivity contribution in [1.82, 2.24) is 4.98 Å². The van der Waals surface area contributed by atoms with Crippen molar-refractivity contribution in [2.75, 3.05) is 6.61 Å². The van der Waals surface area contributed by atoms with Gasteiger partial charge in [-0.15, -0.1) is 0 Å². The number of hydrogen-bond donors (Lipinski definition) is 1. The Balaban J connectivity index is 2.53. The standard InChI is InChI=1S/C12H9BrClNO4/c1-2-18-12-9(11(16)17)15-10(19-12)7-5-6(14)3-4-8(7)13/h3-5H,2H2,1H3,(H,16,17). The monoisotopic (exact) mass is 345 g/mol. The molecule has 100 valence electrons. The molecule has 0 aliphatic heterocycles. The third-order valence-corrected chi connectivity index (χ3v) is 3.16. The van der Waals surface area contributed by atoms with Gasteiger partial charge in [0.1, 0.15) is 0 Å². The first-order chi connectivity index (χ1) is 9.02. The summed E-state index contributed by atoms with van der Waals surface area (Å²) in [5.41, 5.74) is 0.296. The second-order valence-electron chi connectivity index (χ2n) is 3.52. The molecule has 19 heavy (non-hydrogen) atoms. The number of nitrogens with zero attached hydrogens (tertiary/aromatic N) is 1. The molecule has 0 spiro atoms. The van der Waals surface area contributed by atoms with Gasteiger partial charge >= 0.3 is 11.9 Å². The first kappa shape index (κ1) is 13.9. The van der Waals surface area contributed by atoms with Crippen LogP contribution in [0.5, 0.6) is 5.95 Å². The van der Waals surface area contributed by atoms with Gasteiger partial charge in [-0.05, 0) is 41.1 Å². The van der Waals surface area contributed by atoms with Crippen LogP contribution in [0.3, 0.4) is 0 Å². The van der Waals surface area contributed by atoms with Gasteiger partial charge in [0.15, 0.2) is 0 Å². The van der Waals surface area contributed by atoms with Crippen molar-refractivity contribution >= 4 is 33.5 Å². The summed E-state index contributed by atoms with van der Waals surface area (Å²) in [5, 5.41) is 9.53. The van der Waals surface area contributed by atoms with E-state index in [1.165, 1.54) is 0 Å². The number of halogens is 2. The van der Waals surface area contributed by atoms with E-state index in [0.29, 0.717) is 15.1 Å². The summed E-state index contributed by atoms with van der Waals surface area (Å²) in [6.07, 6.45) is 0. The van der Waals surface area contributed by atoms with E-state index >= 15 is 0 Å². The number of benzene rings is 1. The maximum Gasteiger partial charge on any atom is 0.362 e. The van der Waals surface area contributed by atoms with Gasteiger partial charge in [-0.3, -0.25) is 0 Å². The van der Waals surface area contributed by atoms with Crippen molar-refractivity contribution < 1.29 is 19.1 Å². The van der Waals surface area contributed by atoms with Gasteiger partial charge in [-0.2, -0.15) is 4.98 Å². The highest BCUT2D eigenvalue weighted by Crippen LogP contribution is 2.33. The van der Waals surface area contributed by atoms with Crippen LogP contribution >= 0.6 is 27.5 Å². The zero-order valence-corrected chi connectivity index (χ0v) is 12.2. The van der Waals surface area contributed by atoms with Gasteiger partial charge in [0, 0.05) is 9.50 Å². The van der Waals surface area contributed by atoms with Gasteiger partial charge in [0.25, 0.3) is 0 Å². The summed E-state index contributed by atoms with van der Waals surface area (Å²) in [5.74, 6) is -1.19. The average molecular weight is 347 g/mol. The van der Waals surface area contributed by atoms with Crippen molar-refractivity contribution in [3.63, 3.8) is 0 Å². The summed E-state index contributed by atoms with van der Waals surface area (Å²) in [7, 11) is 0. The highest BCUT2D eigenvalue weighted by atomic mass is 79.9. The quantitative estimate of drug-likeness (QED) is 0.910. The molecule has 0 aliphatic rings. The molecule has 0 unspecified atom stereocenters. The molecular weight excluding hydrogens is 337 g/mol. The molecule has 0 fully saturated rings. The lowest BCUT2D eigenvalue weighted by Gasteiger charge is -2.00. The number of rotatable bonds is 4. The topological polar surface area (TPSA) is 72.6 Å². The highest BCUT2D eigenvalue weighted by molar-refractivity contribution is 9.10. The van der Waals surface area contributed by atoms with Crippen LogP contribution in [0.15, 0.2) is 27.1 Å². The fourth-order valence-electron chi connectivity index (χ4n) is 1.45. The fraction of sp³-hybridized carbons (Fsp3) is 0.167. The Labute approximate surface area is 122 Å². The van der Waals surface area contributed by atoms with Crippen molar-refractivity contribution in [3.8, 4) is 17.4 Å². The molecule has 0 radical (unpaired) electrons. The average Bonchev–Trinajstić information content (AvgIpc) is 2.77. The van der Waals surface area contributed by atoms with Gasteiger partial charge < -0.3 is 14.3 Å². The van der Waals surface area contributed by atoms with Gasteiger partial charge in [-0.25, -0.2) is 4.79 Å². The molecule has 0 saturated carbocycles. The van der Waals surface area contributed by atoms with Crippen LogP contribution in [0.4, 0.5) is 0 Å². The predicted octanol–water partition coefficient (Wildman–Crippen LogP) is 3.85. The van der Waals surface area contributed by atoms with E-state index in [4.69, 9.17) is 25.9 Å². The minimum Gasteiger partial charge on any atom is -0.476 e. The fourth-order valence-corrected chi connectivity index (χ4v) is 2.04. The summed E-state index contributed by atoms with van der Waals surface area (Å²) < 4.78 is 11.1. The van der Waals surface area contributed by atoms with Crippen LogP contribution in [-0.4, -0.2) is 22.7 Å². The number of carboxylic acids is 1. The Morgan fingerprint density at radius 2 is 2.32 bits per heavy atom. The first-order valence-corrected chi connectivity index (χ1v) is 6.52. The molecular formula is C12H9BrClNO4. The van der Waals surface area contributed by atoms with Crippen LogP contribution in [0, 0.1) is 0 Å². The third kappa shape index (κ3) is 2.90. The second-order valence-corrected chi connectivity index (χ2v) is 4.81. The van der Waals surface area contributed by atoms with E-state index in [1.54, 1.807) is 25.1 Å². The smallest absolute Gasteiger partial charge is 0.362 e. The van der Waals surface area contributed by atoms with Crippen molar-refractivity contribution in [2.45, 2.75) is 6.92 Å². The van der Waals surface area contributed by atoms with E-state index in [9.17, 15) is 4.79 Å². The van der Waals surface area contributed by atoms with E-state index in [-0.39, 0.29) is 24.1 Å². The SMILES string of the molecule is CCOc1oc(-c2cc(Cl)ccc2Br)nc1C(=O)O. The van der Waals surface area contributed by atoms with Gasteiger partial charge in [-0.1, -0.05) is 11.6 Å². The van der Waals surface area contributed by atoms with Crippen LogP contribution < -0.4 is 4.74 Å². The molecule has 7 heteroatoms. The van der Waals surface area contributed by atoms with Gasteiger partial charge in [0.05, 0.1) is 12.2 Å². The lowest BCUT2D eigenvalue weighted by atomic mass is 10.2. The molecule has 0 atom stereocenters. The number of hydrogen-bond acceptors (Lipinski definition) is 4.